The van der Waals surface area contributed by atoms with Crippen LogP contribution in [0.25, 0.3) is 0 Å². The van der Waals surface area contributed by atoms with E-state index in [-0.39, 0.29) is 6.04 Å². The highest BCUT2D eigenvalue weighted by atomic mass is 16.5. The molecule has 0 N–H and O–H groups in total. The molecule has 1 unspecified atom stereocenters. The Bertz CT molecular complexity index is 1730. The summed E-state index contributed by atoms with van der Waals surface area (Å²) in [6, 6.07) is 29.7. The summed E-state index contributed by atoms with van der Waals surface area (Å²) in [6.07, 6.45) is 8.26. The minimum Gasteiger partial charge on any atom is -0.492 e. The molecule has 4 heterocycles. The molecular weight excluding hydrogens is 610 g/mol. The number of likely N-dealkylation sites (tertiary alicyclic amines) is 1. The number of fused-ring (bicyclic) bond motifs is 4. The molecule has 3 aromatic carbocycles. The van der Waals surface area contributed by atoms with E-state index in [1.807, 2.05) is 4.68 Å². The van der Waals surface area contributed by atoms with Gasteiger partial charge in [0.1, 0.15) is 23.7 Å². The van der Waals surface area contributed by atoms with Crippen molar-refractivity contribution in [2.24, 2.45) is 0 Å². The van der Waals surface area contributed by atoms with Crippen molar-refractivity contribution in [1.82, 2.24) is 29.8 Å². The predicted octanol–water partition coefficient (Wildman–Crippen LogP) is 7.29. The SMILES string of the molecule is CCC1c2nc(Cc3ccccc3)c(o2)N(Cc2ccccc2)Cc2cn(nn2)CCCCN1Cc1ccccc1OCCN1CCCC1. The summed E-state index contributed by atoms with van der Waals surface area (Å²) in [6.45, 7) is 10.0. The van der Waals surface area contributed by atoms with Gasteiger partial charge in [0, 0.05) is 38.2 Å². The van der Waals surface area contributed by atoms with Gasteiger partial charge < -0.3 is 14.1 Å². The van der Waals surface area contributed by atoms with Crippen molar-refractivity contribution in [2.75, 3.05) is 37.7 Å². The van der Waals surface area contributed by atoms with Crippen LogP contribution in [0.2, 0.25) is 0 Å². The molecule has 4 bridgehead atoms. The van der Waals surface area contributed by atoms with Gasteiger partial charge >= 0.3 is 0 Å². The lowest BCUT2D eigenvalue weighted by atomic mass is 10.1. The zero-order valence-corrected chi connectivity index (χ0v) is 28.8. The molecular formula is C40H49N7O2. The monoisotopic (exact) mass is 659 g/mol. The average molecular weight is 660 g/mol. The summed E-state index contributed by atoms with van der Waals surface area (Å²) < 4.78 is 15.4. The first-order chi connectivity index (χ1) is 24.2. The van der Waals surface area contributed by atoms with Crippen LogP contribution in [-0.2, 0) is 32.6 Å². The van der Waals surface area contributed by atoms with Gasteiger partial charge in [0.05, 0.1) is 18.8 Å². The van der Waals surface area contributed by atoms with Gasteiger partial charge in [-0.1, -0.05) is 91.0 Å². The summed E-state index contributed by atoms with van der Waals surface area (Å²) in [5.74, 6) is 2.55. The summed E-state index contributed by atoms with van der Waals surface area (Å²) in [7, 11) is 0. The second kappa shape index (κ2) is 16.3. The first-order valence-electron chi connectivity index (χ1n) is 18.1. The van der Waals surface area contributed by atoms with Crippen LogP contribution in [0, 0.1) is 0 Å². The summed E-state index contributed by atoms with van der Waals surface area (Å²) in [5, 5.41) is 9.09. The average Bonchev–Trinajstić information content (AvgIpc) is 3.90. The van der Waals surface area contributed by atoms with Gasteiger partial charge in [0.2, 0.25) is 11.8 Å². The Hall–Kier alpha value is -4.47. The van der Waals surface area contributed by atoms with Gasteiger partial charge in [-0.25, -0.2) is 4.98 Å². The van der Waals surface area contributed by atoms with E-state index in [9.17, 15) is 0 Å². The van der Waals surface area contributed by atoms with Gasteiger partial charge in [0.25, 0.3) is 0 Å². The van der Waals surface area contributed by atoms with Crippen LogP contribution in [0.3, 0.4) is 0 Å². The highest BCUT2D eigenvalue weighted by Crippen LogP contribution is 2.35. The number of oxazole rings is 1. The van der Waals surface area contributed by atoms with E-state index in [0.717, 1.165) is 74.4 Å². The fraction of sp³-hybridized carbons (Fsp3) is 0.425. The minimum atomic E-state index is 0.00747. The molecule has 9 nitrogen and oxygen atoms in total. The highest BCUT2D eigenvalue weighted by molar-refractivity contribution is 5.45. The number of anilines is 1. The van der Waals surface area contributed by atoms with Crippen LogP contribution in [0.4, 0.5) is 5.88 Å². The molecule has 0 spiro atoms. The van der Waals surface area contributed by atoms with Crippen LogP contribution in [0.5, 0.6) is 5.75 Å². The normalized spacial score (nSPS) is 17.7. The van der Waals surface area contributed by atoms with Crippen molar-refractivity contribution >= 4 is 5.88 Å². The molecule has 1 fully saturated rings. The molecule has 0 amide bonds. The van der Waals surface area contributed by atoms with Crippen LogP contribution in [-0.4, -0.2) is 62.6 Å². The zero-order chi connectivity index (χ0) is 33.3. The van der Waals surface area contributed by atoms with Crippen molar-refractivity contribution in [1.29, 1.82) is 0 Å². The molecule has 2 aliphatic rings. The van der Waals surface area contributed by atoms with E-state index in [4.69, 9.17) is 14.1 Å². The van der Waals surface area contributed by atoms with Crippen molar-refractivity contribution in [3.8, 4) is 5.75 Å². The van der Waals surface area contributed by atoms with Gasteiger partial charge in [-0.2, -0.15) is 0 Å². The number of nitrogens with zero attached hydrogens (tertiary/aromatic N) is 7. The standard InChI is InChI=1S/C40H49N7O2/c1-2-37-39-41-36(27-32-15-5-3-6-16-32)40(49-39)46(28-33-17-7-4-8-18-33)30-35-31-47(43-42-35)24-14-13-23-45(37)29-34-19-9-10-20-38(34)48-26-25-44-21-11-12-22-44/h3-10,15-20,31,37H,2,11-14,21-30H2,1H3. The van der Waals surface area contributed by atoms with Crippen molar-refractivity contribution in [3.05, 3.63) is 125 Å². The Morgan fingerprint density at radius 1 is 0.796 bits per heavy atom. The Balaban J connectivity index is 1.23. The van der Waals surface area contributed by atoms with Crippen LogP contribution in [0.1, 0.15) is 79.0 Å². The largest absolute Gasteiger partial charge is 0.492 e. The Kier molecular flexibility index (Phi) is 11.0. The molecule has 2 aliphatic heterocycles. The number of rotatable bonds is 11. The summed E-state index contributed by atoms with van der Waals surface area (Å²) in [5.41, 5.74) is 5.48. The first-order valence-corrected chi connectivity index (χ1v) is 18.1. The molecule has 1 saturated heterocycles. The number of para-hydroxylation sites is 1. The van der Waals surface area contributed by atoms with Gasteiger partial charge in [-0.05, 0) is 68.9 Å². The molecule has 1 atom stereocenters. The van der Waals surface area contributed by atoms with Crippen molar-refractivity contribution in [3.63, 3.8) is 0 Å². The molecule has 49 heavy (non-hydrogen) atoms. The second-order valence-electron chi connectivity index (χ2n) is 13.4. The Morgan fingerprint density at radius 3 is 2.31 bits per heavy atom. The maximum absolute atomic E-state index is 6.97. The quantitative estimate of drug-likeness (QED) is 0.146. The molecule has 9 heteroatoms. The first kappa shape index (κ1) is 33.0. The number of aromatic nitrogens is 4. The third-order valence-corrected chi connectivity index (χ3v) is 9.75. The smallest absolute Gasteiger partial charge is 0.220 e. The third-order valence-electron chi connectivity index (χ3n) is 9.75. The lowest BCUT2D eigenvalue weighted by Gasteiger charge is -2.30. The maximum atomic E-state index is 6.97. The van der Waals surface area contributed by atoms with E-state index in [0.29, 0.717) is 26.1 Å². The third kappa shape index (κ3) is 8.58. The van der Waals surface area contributed by atoms with Crippen LogP contribution in [0.15, 0.2) is 95.5 Å². The topological polar surface area (TPSA) is 75.7 Å². The lowest BCUT2D eigenvalue weighted by Crippen LogP contribution is -2.30. The maximum Gasteiger partial charge on any atom is 0.220 e. The number of ether oxygens (including phenoxy) is 1. The van der Waals surface area contributed by atoms with Gasteiger partial charge in [-0.3, -0.25) is 14.5 Å². The molecule has 0 radical (unpaired) electrons. The summed E-state index contributed by atoms with van der Waals surface area (Å²) in [4.78, 5) is 12.7. The molecule has 0 aliphatic carbocycles. The molecule has 7 rings (SSSR count). The van der Waals surface area contributed by atoms with Crippen LogP contribution < -0.4 is 9.64 Å². The Morgan fingerprint density at radius 2 is 1.51 bits per heavy atom. The van der Waals surface area contributed by atoms with E-state index < -0.39 is 0 Å². The van der Waals surface area contributed by atoms with Crippen LogP contribution >= 0.6 is 0 Å². The molecule has 5 aromatic rings. The lowest BCUT2D eigenvalue weighted by molar-refractivity contribution is 0.150. The Labute approximate surface area is 290 Å². The predicted molar refractivity (Wildman–Crippen MR) is 192 cm³/mol. The van der Waals surface area contributed by atoms with Crippen molar-refractivity contribution < 1.29 is 9.15 Å². The second-order valence-corrected chi connectivity index (χ2v) is 13.4. The van der Waals surface area contributed by atoms with E-state index >= 15 is 0 Å². The van der Waals surface area contributed by atoms with Gasteiger partial charge in [-0.15, -0.1) is 5.10 Å². The number of hydrogen-bond donors (Lipinski definition) is 0. The highest BCUT2D eigenvalue weighted by Gasteiger charge is 2.29. The zero-order valence-electron chi connectivity index (χ0n) is 28.8. The fourth-order valence-electron chi connectivity index (χ4n) is 7.18. The number of hydrogen-bond acceptors (Lipinski definition) is 8. The number of aryl methyl sites for hydroxylation is 1. The van der Waals surface area contributed by atoms with E-state index in [1.54, 1.807) is 0 Å². The number of benzene rings is 3. The molecule has 2 aromatic heterocycles. The minimum absolute atomic E-state index is 0.00747. The van der Waals surface area contributed by atoms with E-state index in [2.05, 4.69) is 123 Å². The molecule has 256 valence electrons. The van der Waals surface area contributed by atoms with E-state index in [1.165, 1.54) is 42.6 Å². The summed E-state index contributed by atoms with van der Waals surface area (Å²) >= 11 is 0. The van der Waals surface area contributed by atoms with Gasteiger partial charge in [0.15, 0.2) is 0 Å². The van der Waals surface area contributed by atoms with Crippen molar-refractivity contribution in [2.45, 2.75) is 77.7 Å². The molecule has 0 saturated carbocycles. The fourth-order valence-corrected chi connectivity index (χ4v) is 7.18.